The standard InChI is InChI=1S/C51H31N5S/c1-3-15-32(16-4-1)34-29-30-44-40(31-34)37-21-9-12-26-43(37)56(44)51-53-49(33-17-5-2-6-18-33)52-50(54-51)39-23-13-22-38-47-45(27-14-28-46(47)57-48(38)39)55-41-24-10-7-19-35(41)36-20-8-11-25-42(36)55/h1-31H. The molecule has 0 N–H and O–H groups in total. The molecule has 0 amide bonds. The molecule has 12 rings (SSSR count). The van der Waals surface area contributed by atoms with Gasteiger partial charge in [0.2, 0.25) is 5.95 Å². The number of nitrogens with zero attached hydrogens (tertiary/aromatic N) is 5. The van der Waals surface area contributed by atoms with Crippen LogP contribution < -0.4 is 0 Å². The van der Waals surface area contributed by atoms with E-state index >= 15 is 0 Å². The number of thiophene rings is 1. The highest BCUT2D eigenvalue weighted by molar-refractivity contribution is 7.26. The zero-order chi connectivity index (χ0) is 37.5. The number of fused-ring (bicyclic) bond motifs is 9. The highest BCUT2D eigenvalue weighted by Crippen LogP contribution is 2.44. The van der Waals surface area contributed by atoms with E-state index in [9.17, 15) is 0 Å². The molecule has 0 fully saturated rings. The third kappa shape index (κ3) is 4.91. The van der Waals surface area contributed by atoms with E-state index in [0.717, 1.165) is 43.3 Å². The SMILES string of the molecule is c1ccc(-c2ccc3c(c2)c2ccccc2n3-c2nc(-c3ccccc3)nc(-c3cccc4c3sc3cccc(-n5c6ccccc6c6ccccc65)c34)n2)cc1. The molecular formula is C51H31N5S. The zero-order valence-corrected chi connectivity index (χ0v) is 31.4. The maximum atomic E-state index is 5.37. The molecule has 0 aliphatic rings. The van der Waals surface area contributed by atoms with Gasteiger partial charge in [0.25, 0.3) is 0 Å². The normalized spacial score (nSPS) is 11.9. The fourth-order valence-corrected chi connectivity index (χ4v) is 9.91. The Bertz CT molecular complexity index is 3470. The zero-order valence-electron chi connectivity index (χ0n) is 30.5. The Morgan fingerprint density at radius 1 is 0.368 bits per heavy atom. The van der Waals surface area contributed by atoms with Gasteiger partial charge in [0, 0.05) is 52.8 Å². The predicted molar refractivity (Wildman–Crippen MR) is 238 cm³/mol. The van der Waals surface area contributed by atoms with E-state index in [-0.39, 0.29) is 0 Å². The Morgan fingerprint density at radius 2 is 0.930 bits per heavy atom. The summed E-state index contributed by atoms with van der Waals surface area (Å²) in [5.74, 6) is 1.86. The highest BCUT2D eigenvalue weighted by atomic mass is 32.1. The topological polar surface area (TPSA) is 48.5 Å². The first-order valence-corrected chi connectivity index (χ1v) is 19.9. The predicted octanol–water partition coefficient (Wildman–Crippen LogP) is 13.4. The lowest BCUT2D eigenvalue weighted by Crippen LogP contribution is -2.06. The van der Waals surface area contributed by atoms with Crippen LogP contribution in [-0.2, 0) is 0 Å². The lowest BCUT2D eigenvalue weighted by molar-refractivity contribution is 0.954. The third-order valence-corrected chi connectivity index (χ3v) is 12.4. The van der Waals surface area contributed by atoms with Crippen molar-refractivity contribution in [3.8, 4) is 45.5 Å². The number of aromatic nitrogens is 5. The highest BCUT2D eigenvalue weighted by Gasteiger charge is 2.22. The maximum Gasteiger partial charge on any atom is 0.238 e. The van der Waals surface area contributed by atoms with Gasteiger partial charge in [-0.3, -0.25) is 4.57 Å². The Morgan fingerprint density at radius 3 is 1.65 bits per heavy atom. The van der Waals surface area contributed by atoms with Gasteiger partial charge in [-0.1, -0.05) is 140 Å². The van der Waals surface area contributed by atoms with Crippen molar-refractivity contribution in [2.24, 2.45) is 0 Å². The summed E-state index contributed by atoms with van der Waals surface area (Å²) in [4.78, 5) is 15.8. The molecule has 0 saturated heterocycles. The fourth-order valence-electron chi connectivity index (χ4n) is 8.67. The van der Waals surface area contributed by atoms with Crippen molar-refractivity contribution in [3.05, 3.63) is 188 Å². The summed E-state index contributed by atoms with van der Waals surface area (Å²) in [5, 5.41) is 7.20. The van der Waals surface area contributed by atoms with Crippen LogP contribution in [0.3, 0.4) is 0 Å². The second-order valence-electron chi connectivity index (χ2n) is 14.4. The Balaban J connectivity index is 1.11. The molecule has 0 radical (unpaired) electrons. The van der Waals surface area contributed by atoms with Crippen molar-refractivity contribution >= 4 is 75.1 Å². The van der Waals surface area contributed by atoms with E-state index in [1.54, 1.807) is 11.3 Å². The second kappa shape index (κ2) is 12.6. The maximum absolute atomic E-state index is 5.37. The Hall–Kier alpha value is -7.41. The first-order valence-electron chi connectivity index (χ1n) is 19.1. The molecule has 0 spiro atoms. The molecule has 0 saturated carbocycles. The molecule has 57 heavy (non-hydrogen) atoms. The number of rotatable bonds is 5. The fraction of sp³-hybridized carbons (Fsp3) is 0. The summed E-state index contributed by atoms with van der Waals surface area (Å²) in [6, 6.07) is 66.6. The number of benzene rings is 8. The monoisotopic (exact) mass is 745 g/mol. The minimum Gasteiger partial charge on any atom is -0.309 e. The van der Waals surface area contributed by atoms with Crippen molar-refractivity contribution in [1.82, 2.24) is 24.1 Å². The van der Waals surface area contributed by atoms with Crippen molar-refractivity contribution in [3.63, 3.8) is 0 Å². The van der Waals surface area contributed by atoms with Crippen LogP contribution in [0.2, 0.25) is 0 Å². The van der Waals surface area contributed by atoms with Gasteiger partial charge >= 0.3 is 0 Å². The van der Waals surface area contributed by atoms with E-state index < -0.39 is 0 Å². The van der Waals surface area contributed by atoms with E-state index in [0.29, 0.717) is 17.6 Å². The van der Waals surface area contributed by atoms with E-state index in [2.05, 4.69) is 179 Å². The lowest BCUT2D eigenvalue weighted by atomic mass is 10.0. The smallest absolute Gasteiger partial charge is 0.238 e. The molecule has 6 heteroatoms. The molecule has 4 heterocycles. The first kappa shape index (κ1) is 31.9. The van der Waals surface area contributed by atoms with Crippen molar-refractivity contribution in [1.29, 1.82) is 0 Å². The molecule has 266 valence electrons. The molecule has 0 aliphatic carbocycles. The van der Waals surface area contributed by atoms with Crippen LogP contribution in [0.25, 0.3) is 109 Å². The average molecular weight is 746 g/mol. The summed E-state index contributed by atoms with van der Waals surface area (Å²) in [5.41, 5.74) is 9.91. The van der Waals surface area contributed by atoms with Gasteiger partial charge in [0.05, 0.1) is 27.8 Å². The third-order valence-electron chi connectivity index (χ3n) is 11.2. The van der Waals surface area contributed by atoms with Crippen LogP contribution in [0.5, 0.6) is 0 Å². The average Bonchev–Trinajstić information content (AvgIpc) is 3.95. The summed E-state index contributed by atoms with van der Waals surface area (Å²) in [7, 11) is 0. The summed E-state index contributed by atoms with van der Waals surface area (Å²) < 4.78 is 6.98. The quantitative estimate of drug-likeness (QED) is 0.176. The van der Waals surface area contributed by atoms with Crippen LogP contribution in [-0.4, -0.2) is 24.1 Å². The van der Waals surface area contributed by atoms with Crippen molar-refractivity contribution < 1.29 is 0 Å². The molecule has 0 aliphatic heterocycles. The van der Waals surface area contributed by atoms with Gasteiger partial charge in [0.1, 0.15) is 0 Å². The minimum absolute atomic E-state index is 0.585. The van der Waals surface area contributed by atoms with E-state index in [1.165, 1.54) is 48.4 Å². The van der Waals surface area contributed by atoms with Gasteiger partial charge < -0.3 is 4.57 Å². The summed E-state index contributed by atoms with van der Waals surface area (Å²) >= 11 is 1.79. The molecule has 8 aromatic carbocycles. The molecule has 4 aromatic heterocycles. The van der Waals surface area contributed by atoms with Crippen LogP contribution in [0, 0.1) is 0 Å². The van der Waals surface area contributed by atoms with Crippen LogP contribution in [0.4, 0.5) is 0 Å². The van der Waals surface area contributed by atoms with Gasteiger partial charge in [-0.05, 0) is 59.7 Å². The number of para-hydroxylation sites is 3. The second-order valence-corrected chi connectivity index (χ2v) is 15.5. The first-order chi connectivity index (χ1) is 28.3. The van der Waals surface area contributed by atoms with Crippen molar-refractivity contribution in [2.75, 3.05) is 0 Å². The van der Waals surface area contributed by atoms with E-state index in [4.69, 9.17) is 15.0 Å². The number of hydrogen-bond donors (Lipinski definition) is 0. The molecule has 5 nitrogen and oxygen atoms in total. The van der Waals surface area contributed by atoms with Gasteiger partial charge in [0.15, 0.2) is 11.6 Å². The molecule has 0 unspecified atom stereocenters. The minimum atomic E-state index is 0.585. The van der Waals surface area contributed by atoms with E-state index in [1.807, 2.05) is 18.2 Å². The van der Waals surface area contributed by atoms with Crippen molar-refractivity contribution in [2.45, 2.75) is 0 Å². The molecule has 0 atom stereocenters. The lowest BCUT2D eigenvalue weighted by Gasteiger charge is -2.12. The van der Waals surface area contributed by atoms with Crippen LogP contribution in [0.1, 0.15) is 0 Å². The Labute approximate surface area is 331 Å². The van der Waals surface area contributed by atoms with Gasteiger partial charge in [-0.2, -0.15) is 9.97 Å². The van der Waals surface area contributed by atoms with Gasteiger partial charge in [-0.25, -0.2) is 4.98 Å². The summed E-state index contributed by atoms with van der Waals surface area (Å²) in [6.45, 7) is 0. The Kier molecular flexibility index (Phi) is 7.03. The largest absolute Gasteiger partial charge is 0.309 e. The van der Waals surface area contributed by atoms with Gasteiger partial charge in [-0.15, -0.1) is 11.3 Å². The van der Waals surface area contributed by atoms with Crippen LogP contribution in [0.15, 0.2) is 188 Å². The molecular weight excluding hydrogens is 715 g/mol. The molecule has 12 aromatic rings. The van der Waals surface area contributed by atoms with Crippen LogP contribution >= 0.6 is 11.3 Å². The number of hydrogen-bond acceptors (Lipinski definition) is 4. The summed E-state index contributed by atoms with van der Waals surface area (Å²) in [6.07, 6.45) is 0. The molecule has 0 bridgehead atoms.